The highest BCUT2D eigenvalue weighted by Gasteiger charge is 2.32. The zero-order chi connectivity index (χ0) is 14.1. The Morgan fingerprint density at radius 2 is 1.86 bits per heavy atom. The highest BCUT2D eigenvalue weighted by Crippen LogP contribution is 2.44. The second-order valence-corrected chi connectivity index (χ2v) is 6.32. The second-order valence-electron chi connectivity index (χ2n) is 5.34. The Balaban J connectivity index is 1.53. The molecule has 0 aliphatic heterocycles. The Labute approximate surface area is 127 Å². The fourth-order valence-corrected chi connectivity index (χ4v) is 3.41. The molecule has 106 valence electrons. The van der Waals surface area contributed by atoms with Crippen LogP contribution in [0.3, 0.4) is 0 Å². The van der Waals surface area contributed by atoms with E-state index in [-0.39, 0.29) is 0 Å². The molecule has 0 saturated heterocycles. The molecule has 1 aromatic carbocycles. The summed E-state index contributed by atoms with van der Waals surface area (Å²) in [7, 11) is 0. The van der Waals surface area contributed by atoms with Crippen LogP contribution in [0, 0.1) is 5.92 Å². The summed E-state index contributed by atoms with van der Waals surface area (Å²) in [6.45, 7) is 0. The van der Waals surface area contributed by atoms with E-state index in [9.17, 15) is 0 Å². The molecule has 1 unspecified atom stereocenters. The number of nitrogens with one attached hydrogen (secondary N) is 1. The third-order valence-electron chi connectivity index (χ3n) is 3.78. The SMILES string of the molecule is c1csc(C(Nc2ccc(-n3nccn3)cc2)C2CC2)c1. The molecule has 5 heteroatoms. The van der Waals surface area contributed by atoms with Gasteiger partial charge >= 0.3 is 0 Å². The quantitative estimate of drug-likeness (QED) is 0.776. The van der Waals surface area contributed by atoms with Crippen molar-refractivity contribution < 1.29 is 0 Å². The van der Waals surface area contributed by atoms with E-state index in [0.717, 1.165) is 17.3 Å². The summed E-state index contributed by atoms with van der Waals surface area (Å²) in [6, 6.07) is 13.1. The maximum absolute atomic E-state index is 4.14. The van der Waals surface area contributed by atoms with E-state index in [1.165, 1.54) is 17.7 Å². The average Bonchev–Trinajstić information content (AvgIpc) is 3.01. The molecule has 1 N–H and O–H groups in total. The van der Waals surface area contributed by atoms with Gasteiger partial charge < -0.3 is 5.32 Å². The normalized spacial score (nSPS) is 15.8. The zero-order valence-corrected chi connectivity index (χ0v) is 12.3. The number of hydrogen-bond donors (Lipinski definition) is 1. The molecule has 4 rings (SSSR count). The summed E-state index contributed by atoms with van der Waals surface area (Å²) in [5.74, 6) is 0.774. The van der Waals surface area contributed by atoms with Gasteiger partial charge in [0.2, 0.25) is 0 Å². The van der Waals surface area contributed by atoms with Crippen LogP contribution in [-0.2, 0) is 0 Å². The molecule has 0 bridgehead atoms. The Kier molecular flexibility index (Phi) is 3.20. The van der Waals surface area contributed by atoms with Crippen molar-refractivity contribution in [3.63, 3.8) is 0 Å². The third-order valence-corrected chi connectivity index (χ3v) is 4.74. The van der Waals surface area contributed by atoms with Crippen molar-refractivity contribution in [1.82, 2.24) is 15.0 Å². The van der Waals surface area contributed by atoms with E-state index >= 15 is 0 Å². The predicted molar refractivity (Wildman–Crippen MR) is 84.8 cm³/mol. The molecule has 1 aliphatic rings. The summed E-state index contributed by atoms with van der Waals surface area (Å²) in [6.07, 6.45) is 6.02. The van der Waals surface area contributed by atoms with Crippen LogP contribution in [0.15, 0.2) is 54.2 Å². The van der Waals surface area contributed by atoms with Crippen molar-refractivity contribution in [3.8, 4) is 5.69 Å². The first-order chi connectivity index (χ1) is 10.4. The Bertz CT molecular complexity index is 684. The summed E-state index contributed by atoms with van der Waals surface area (Å²) in [5.41, 5.74) is 2.13. The maximum Gasteiger partial charge on any atom is 0.0858 e. The molecule has 1 aliphatic carbocycles. The lowest BCUT2D eigenvalue weighted by Gasteiger charge is -2.18. The number of anilines is 1. The van der Waals surface area contributed by atoms with E-state index in [1.54, 1.807) is 17.2 Å². The van der Waals surface area contributed by atoms with Crippen molar-refractivity contribution in [1.29, 1.82) is 0 Å². The first-order valence-electron chi connectivity index (χ1n) is 7.17. The number of thiophene rings is 1. The van der Waals surface area contributed by atoms with E-state index < -0.39 is 0 Å². The van der Waals surface area contributed by atoms with E-state index in [4.69, 9.17) is 0 Å². The Morgan fingerprint density at radius 1 is 1.10 bits per heavy atom. The number of hydrogen-bond acceptors (Lipinski definition) is 4. The summed E-state index contributed by atoms with van der Waals surface area (Å²) in [5, 5.41) is 14.1. The molecule has 1 atom stereocenters. The maximum atomic E-state index is 4.14. The fraction of sp³-hybridized carbons (Fsp3) is 0.250. The van der Waals surface area contributed by atoms with E-state index in [0.29, 0.717) is 6.04 Å². The van der Waals surface area contributed by atoms with E-state index in [2.05, 4.69) is 45.2 Å². The molecule has 2 heterocycles. The zero-order valence-electron chi connectivity index (χ0n) is 11.5. The van der Waals surface area contributed by atoms with Crippen molar-refractivity contribution in [2.24, 2.45) is 5.92 Å². The second kappa shape index (κ2) is 5.33. The van der Waals surface area contributed by atoms with Gasteiger partial charge in [0, 0.05) is 10.6 Å². The molecule has 2 aromatic heterocycles. The minimum absolute atomic E-state index is 0.443. The minimum Gasteiger partial charge on any atom is -0.377 e. The van der Waals surface area contributed by atoms with Crippen LogP contribution in [0.1, 0.15) is 23.8 Å². The van der Waals surface area contributed by atoms with Crippen LogP contribution in [0.5, 0.6) is 0 Å². The average molecular weight is 296 g/mol. The third kappa shape index (κ3) is 2.69. The lowest BCUT2D eigenvalue weighted by molar-refractivity contribution is 0.691. The fourth-order valence-electron chi connectivity index (χ4n) is 2.54. The van der Waals surface area contributed by atoms with Crippen molar-refractivity contribution in [2.75, 3.05) is 5.32 Å². The molecule has 0 spiro atoms. The van der Waals surface area contributed by atoms with E-state index in [1.807, 2.05) is 23.5 Å². The molecule has 4 nitrogen and oxygen atoms in total. The Morgan fingerprint density at radius 3 is 2.48 bits per heavy atom. The molecule has 0 radical (unpaired) electrons. The highest BCUT2D eigenvalue weighted by molar-refractivity contribution is 7.10. The smallest absolute Gasteiger partial charge is 0.0858 e. The van der Waals surface area contributed by atoms with Crippen molar-refractivity contribution in [2.45, 2.75) is 18.9 Å². The van der Waals surface area contributed by atoms with Gasteiger partial charge in [0.15, 0.2) is 0 Å². The highest BCUT2D eigenvalue weighted by atomic mass is 32.1. The molecule has 1 fully saturated rings. The summed E-state index contributed by atoms with van der Waals surface area (Å²) < 4.78 is 0. The number of rotatable bonds is 5. The largest absolute Gasteiger partial charge is 0.377 e. The molecule has 0 amide bonds. The van der Waals surface area contributed by atoms with Gasteiger partial charge in [-0.2, -0.15) is 15.0 Å². The monoisotopic (exact) mass is 296 g/mol. The first-order valence-corrected chi connectivity index (χ1v) is 8.05. The van der Waals surface area contributed by atoms with Crippen molar-refractivity contribution >= 4 is 17.0 Å². The van der Waals surface area contributed by atoms with Gasteiger partial charge in [-0.1, -0.05) is 6.07 Å². The topological polar surface area (TPSA) is 42.7 Å². The molecule has 1 saturated carbocycles. The van der Waals surface area contributed by atoms with Crippen LogP contribution in [0.4, 0.5) is 5.69 Å². The Hall–Kier alpha value is -2.14. The van der Waals surface area contributed by atoms with Crippen LogP contribution in [-0.4, -0.2) is 15.0 Å². The van der Waals surface area contributed by atoms with Crippen LogP contribution in [0.2, 0.25) is 0 Å². The van der Waals surface area contributed by atoms with Gasteiger partial charge in [0.25, 0.3) is 0 Å². The molecule has 21 heavy (non-hydrogen) atoms. The van der Waals surface area contributed by atoms with Crippen LogP contribution >= 0.6 is 11.3 Å². The van der Waals surface area contributed by atoms with Gasteiger partial charge in [-0.3, -0.25) is 0 Å². The predicted octanol–water partition coefficient (Wildman–Crippen LogP) is 3.89. The number of aromatic nitrogens is 3. The summed E-state index contributed by atoms with van der Waals surface area (Å²) in [4.78, 5) is 3.05. The van der Waals surface area contributed by atoms with Crippen molar-refractivity contribution in [3.05, 3.63) is 59.0 Å². The van der Waals surface area contributed by atoms with Crippen LogP contribution in [0.25, 0.3) is 5.69 Å². The van der Waals surface area contributed by atoms with Gasteiger partial charge in [-0.15, -0.1) is 11.3 Å². The molecule has 3 aromatic rings. The number of benzene rings is 1. The standard InChI is InChI=1S/C16H16N4S/c1-2-15(21-11-1)16(12-3-4-12)19-13-5-7-14(8-6-13)20-17-9-10-18-20/h1-2,5-12,16,19H,3-4H2. The van der Waals surface area contributed by atoms with Gasteiger partial charge in [0.05, 0.1) is 24.1 Å². The van der Waals surface area contributed by atoms with Gasteiger partial charge in [-0.25, -0.2) is 0 Å². The van der Waals surface area contributed by atoms with Crippen LogP contribution < -0.4 is 5.32 Å². The first kappa shape index (κ1) is 12.6. The molecular weight excluding hydrogens is 280 g/mol. The minimum atomic E-state index is 0.443. The van der Waals surface area contributed by atoms with Gasteiger partial charge in [0.1, 0.15) is 0 Å². The number of nitrogens with zero attached hydrogens (tertiary/aromatic N) is 3. The summed E-state index contributed by atoms with van der Waals surface area (Å²) >= 11 is 1.83. The lowest BCUT2D eigenvalue weighted by Crippen LogP contribution is -2.11. The molecular formula is C16H16N4S. The van der Waals surface area contributed by atoms with Gasteiger partial charge in [-0.05, 0) is 54.5 Å². The lowest BCUT2D eigenvalue weighted by atomic mass is 10.1.